The van der Waals surface area contributed by atoms with Crippen LogP contribution in [-0.2, 0) is 9.59 Å². The van der Waals surface area contributed by atoms with E-state index in [0.717, 1.165) is 53.9 Å². The zero-order valence-electron chi connectivity index (χ0n) is 20.3. The van der Waals surface area contributed by atoms with Crippen LogP contribution in [0.3, 0.4) is 0 Å². The smallest absolute Gasteiger partial charge is 0.339 e. The third kappa shape index (κ3) is 4.87. The van der Waals surface area contributed by atoms with Gasteiger partial charge >= 0.3 is 5.97 Å². The molecule has 5 heteroatoms. The van der Waals surface area contributed by atoms with Gasteiger partial charge in [0.1, 0.15) is 23.2 Å². The standard InChI is InChI=1S/C28H36O5/c1-16(2)15-32-25-14-26-21(12-20(25)18-8-7-9-18)19-10-5-6-11-24(29)23(28(30)31)13-22(19)27(33-26)17(3)4/h12-14,16-18,27H,5-11,15H2,1-4H3,(H,30,31)/b23-13+. The maximum absolute atomic E-state index is 12.6. The number of ether oxygens (including phenoxy) is 2. The molecule has 0 spiro atoms. The van der Waals surface area contributed by atoms with Crippen molar-refractivity contribution in [1.82, 2.24) is 0 Å². The number of benzene rings is 1. The first kappa shape index (κ1) is 23.6. The van der Waals surface area contributed by atoms with Gasteiger partial charge in [0.25, 0.3) is 0 Å². The number of rotatable bonds is 6. The number of Topliss-reactive ketones (excluding diaryl/α,β-unsaturated/α-hetero) is 1. The minimum Gasteiger partial charge on any atom is -0.493 e. The molecule has 3 aliphatic rings. The molecule has 1 saturated carbocycles. The van der Waals surface area contributed by atoms with Crippen LogP contribution in [0.1, 0.15) is 89.7 Å². The molecule has 0 bridgehead atoms. The molecule has 178 valence electrons. The van der Waals surface area contributed by atoms with E-state index in [1.165, 1.54) is 12.0 Å². The maximum atomic E-state index is 12.6. The fourth-order valence-corrected chi connectivity index (χ4v) is 4.94. The molecule has 1 N–H and O–H groups in total. The molecule has 1 aliphatic heterocycles. The SMILES string of the molecule is CC(C)COc1cc2c(cc1C1CCC1)C1=C(/C=C(/C(=O)O)C(=O)CCCC1)C(C(C)C)O2. The Kier molecular flexibility index (Phi) is 6.96. The second kappa shape index (κ2) is 9.74. The zero-order valence-corrected chi connectivity index (χ0v) is 20.3. The predicted octanol–water partition coefficient (Wildman–Crippen LogP) is 6.31. The normalized spacial score (nSPS) is 22.9. The Balaban J connectivity index is 1.89. The van der Waals surface area contributed by atoms with E-state index in [9.17, 15) is 14.7 Å². The third-order valence-electron chi connectivity index (χ3n) is 6.98. The van der Waals surface area contributed by atoms with Crippen LogP contribution in [0.25, 0.3) is 5.57 Å². The van der Waals surface area contributed by atoms with Gasteiger partial charge in [-0.25, -0.2) is 4.79 Å². The lowest BCUT2D eigenvalue weighted by Crippen LogP contribution is -2.30. The number of carbonyl (C=O) groups is 2. The van der Waals surface area contributed by atoms with Crippen molar-refractivity contribution in [3.63, 3.8) is 0 Å². The molecule has 33 heavy (non-hydrogen) atoms. The van der Waals surface area contributed by atoms with Gasteiger partial charge in [-0.1, -0.05) is 34.1 Å². The highest BCUT2D eigenvalue weighted by Crippen LogP contribution is 2.49. The number of fused-ring (bicyclic) bond motifs is 2. The molecule has 1 aromatic rings. The minimum atomic E-state index is -1.16. The number of ketones is 1. The van der Waals surface area contributed by atoms with Gasteiger partial charge in [0.15, 0.2) is 5.78 Å². The Hall–Kier alpha value is -2.56. The van der Waals surface area contributed by atoms with Gasteiger partial charge in [-0.05, 0) is 78.7 Å². The zero-order chi connectivity index (χ0) is 23.7. The summed E-state index contributed by atoms with van der Waals surface area (Å²) in [5.41, 5.74) is 4.12. The summed E-state index contributed by atoms with van der Waals surface area (Å²) in [5.74, 6) is 1.32. The van der Waals surface area contributed by atoms with E-state index in [-0.39, 0.29) is 29.8 Å². The van der Waals surface area contributed by atoms with Crippen molar-refractivity contribution >= 4 is 17.3 Å². The van der Waals surface area contributed by atoms with E-state index in [1.54, 1.807) is 6.08 Å². The van der Waals surface area contributed by atoms with Crippen LogP contribution in [0, 0.1) is 11.8 Å². The molecule has 1 unspecified atom stereocenters. The summed E-state index contributed by atoms with van der Waals surface area (Å²) in [6.45, 7) is 9.10. The van der Waals surface area contributed by atoms with Crippen molar-refractivity contribution in [2.45, 2.75) is 84.7 Å². The van der Waals surface area contributed by atoms with Crippen molar-refractivity contribution in [2.24, 2.45) is 11.8 Å². The Morgan fingerprint density at radius 1 is 1.12 bits per heavy atom. The van der Waals surface area contributed by atoms with Gasteiger partial charge in [-0.3, -0.25) is 4.79 Å². The molecule has 1 fully saturated rings. The molecular weight excluding hydrogens is 416 g/mol. The summed E-state index contributed by atoms with van der Waals surface area (Å²) >= 11 is 0. The summed E-state index contributed by atoms with van der Waals surface area (Å²) in [4.78, 5) is 24.5. The van der Waals surface area contributed by atoms with E-state index >= 15 is 0 Å². The van der Waals surface area contributed by atoms with Crippen LogP contribution in [0.2, 0.25) is 0 Å². The number of carbonyl (C=O) groups excluding carboxylic acids is 1. The molecule has 0 radical (unpaired) electrons. The first-order valence-electron chi connectivity index (χ1n) is 12.4. The molecule has 2 aliphatic carbocycles. The van der Waals surface area contributed by atoms with Crippen molar-refractivity contribution < 1.29 is 24.2 Å². The van der Waals surface area contributed by atoms with Crippen LogP contribution < -0.4 is 9.47 Å². The van der Waals surface area contributed by atoms with Crippen LogP contribution in [0.5, 0.6) is 11.5 Å². The average Bonchev–Trinajstić information content (AvgIpc) is 2.79. The second-order valence-corrected chi connectivity index (χ2v) is 10.4. The monoisotopic (exact) mass is 452 g/mol. The fraction of sp³-hybridized carbons (Fsp3) is 0.571. The molecule has 1 aromatic carbocycles. The van der Waals surface area contributed by atoms with Crippen molar-refractivity contribution in [3.8, 4) is 11.5 Å². The number of carboxylic acid groups (broad SMARTS) is 1. The highest BCUT2D eigenvalue weighted by Gasteiger charge is 2.34. The Morgan fingerprint density at radius 3 is 2.45 bits per heavy atom. The van der Waals surface area contributed by atoms with Gasteiger partial charge in [-0.15, -0.1) is 0 Å². The molecule has 1 heterocycles. The van der Waals surface area contributed by atoms with Gasteiger partial charge < -0.3 is 14.6 Å². The minimum absolute atomic E-state index is 0.122. The Morgan fingerprint density at radius 2 is 1.85 bits per heavy atom. The highest BCUT2D eigenvalue weighted by atomic mass is 16.5. The average molecular weight is 453 g/mol. The maximum Gasteiger partial charge on any atom is 0.339 e. The predicted molar refractivity (Wildman–Crippen MR) is 129 cm³/mol. The van der Waals surface area contributed by atoms with Gasteiger partial charge in [0.2, 0.25) is 0 Å². The van der Waals surface area contributed by atoms with Crippen molar-refractivity contribution in [3.05, 3.63) is 40.5 Å². The topological polar surface area (TPSA) is 72.8 Å². The first-order chi connectivity index (χ1) is 15.8. The third-order valence-corrected chi connectivity index (χ3v) is 6.98. The number of aliphatic carboxylic acids is 1. The largest absolute Gasteiger partial charge is 0.493 e. The summed E-state index contributed by atoms with van der Waals surface area (Å²) in [7, 11) is 0. The fourth-order valence-electron chi connectivity index (χ4n) is 4.94. The molecule has 0 aromatic heterocycles. The summed E-state index contributed by atoms with van der Waals surface area (Å²) in [6, 6.07) is 4.29. The quantitative estimate of drug-likeness (QED) is 0.512. The lowest BCUT2D eigenvalue weighted by atomic mass is 9.77. The van der Waals surface area contributed by atoms with Crippen LogP contribution in [0.15, 0.2) is 29.4 Å². The van der Waals surface area contributed by atoms with Gasteiger partial charge in [-0.2, -0.15) is 0 Å². The summed E-state index contributed by atoms with van der Waals surface area (Å²) < 4.78 is 12.8. The summed E-state index contributed by atoms with van der Waals surface area (Å²) in [6.07, 6.45) is 7.47. The van der Waals surface area contributed by atoms with Crippen molar-refractivity contribution in [2.75, 3.05) is 6.61 Å². The number of allylic oxidation sites excluding steroid dienone is 1. The Bertz CT molecular complexity index is 994. The van der Waals surface area contributed by atoms with E-state index < -0.39 is 5.97 Å². The number of carboxylic acids is 1. The lowest BCUT2D eigenvalue weighted by molar-refractivity contribution is -0.134. The number of hydrogen-bond acceptors (Lipinski definition) is 4. The van der Waals surface area contributed by atoms with E-state index in [1.807, 2.05) is 0 Å². The van der Waals surface area contributed by atoms with Crippen LogP contribution in [-0.4, -0.2) is 29.6 Å². The molecular formula is C28H36O5. The number of hydrogen-bond donors (Lipinski definition) is 1. The Labute approximate surface area is 196 Å². The van der Waals surface area contributed by atoms with E-state index in [2.05, 4.69) is 39.8 Å². The van der Waals surface area contributed by atoms with Gasteiger partial charge in [0, 0.05) is 18.1 Å². The van der Waals surface area contributed by atoms with E-state index in [4.69, 9.17) is 9.47 Å². The first-order valence-corrected chi connectivity index (χ1v) is 12.4. The van der Waals surface area contributed by atoms with Crippen molar-refractivity contribution in [1.29, 1.82) is 0 Å². The highest BCUT2D eigenvalue weighted by molar-refractivity contribution is 6.17. The van der Waals surface area contributed by atoms with Crippen LogP contribution in [0.4, 0.5) is 0 Å². The lowest BCUT2D eigenvalue weighted by Gasteiger charge is -2.35. The van der Waals surface area contributed by atoms with Crippen LogP contribution >= 0.6 is 0 Å². The molecule has 1 atom stereocenters. The summed E-state index contributed by atoms with van der Waals surface area (Å²) in [5, 5.41) is 9.76. The molecule has 4 rings (SSSR count). The van der Waals surface area contributed by atoms with E-state index in [0.29, 0.717) is 24.9 Å². The van der Waals surface area contributed by atoms with Gasteiger partial charge in [0.05, 0.1) is 6.61 Å². The molecule has 0 amide bonds. The second-order valence-electron chi connectivity index (χ2n) is 10.4. The molecule has 5 nitrogen and oxygen atoms in total. The molecule has 0 saturated heterocycles.